The second-order valence-corrected chi connectivity index (χ2v) is 5.38. The number of aromatic nitrogens is 3. The number of alkyl halides is 3. The second kappa shape index (κ2) is 8.63. The summed E-state index contributed by atoms with van der Waals surface area (Å²) >= 11 is 0. The first kappa shape index (κ1) is 19.7. The third-order valence-electron chi connectivity index (χ3n) is 3.58. The van der Waals surface area contributed by atoms with Crippen LogP contribution in [0.1, 0.15) is 30.8 Å². The van der Waals surface area contributed by atoms with Gasteiger partial charge in [-0.2, -0.15) is 13.2 Å². The van der Waals surface area contributed by atoms with Crippen LogP contribution in [0.15, 0.2) is 29.5 Å². The summed E-state index contributed by atoms with van der Waals surface area (Å²) in [4.78, 5) is 4.16. The lowest BCUT2D eigenvalue weighted by Crippen LogP contribution is -2.37. The molecule has 0 saturated heterocycles. The molecule has 0 unspecified atom stereocenters. The predicted molar refractivity (Wildman–Crippen MR) is 88.8 cm³/mol. The Hall–Kier alpha value is -2.65. The molecule has 0 spiro atoms. The van der Waals surface area contributed by atoms with Crippen LogP contribution in [0, 0.1) is 5.82 Å². The maximum absolute atomic E-state index is 13.2. The molecular weight excluding hydrogens is 352 g/mol. The van der Waals surface area contributed by atoms with Crippen molar-refractivity contribution in [2.75, 3.05) is 6.54 Å². The molecular formula is C16H20F4N6. The quantitative estimate of drug-likeness (QED) is 0.465. The van der Waals surface area contributed by atoms with Crippen LogP contribution in [0.2, 0.25) is 0 Å². The van der Waals surface area contributed by atoms with E-state index in [1.54, 1.807) is 6.33 Å². The van der Waals surface area contributed by atoms with Crippen LogP contribution in [0.5, 0.6) is 0 Å². The molecule has 0 radical (unpaired) electrons. The molecule has 0 atom stereocenters. The second-order valence-electron chi connectivity index (χ2n) is 5.38. The fourth-order valence-corrected chi connectivity index (χ4v) is 2.30. The van der Waals surface area contributed by atoms with Crippen LogP contribution in [0.25, 0.3) is 0 Å². The van der Waals surface area contributed by atoms with E-state index in [4.69, 9.17) is 0 Å². The predicted octanol–water partition coefficient (Wildman–Crippen LogP) is 2.71. The fourth-order valence-electron chi connectivity index (χ4n) is 2.30. The Labute approximate surface area is 148 Å². The highest BCUT2D eigenvalue weighted by atomic mass is 19.4. The summed E-state index contributed by atoms with van der Waals surface area (Å²) in [6.07, 6.45) is -3.05. The van der Waals surface area contributed by atoms with Crippen molar-refractivity contribution >= 4 is 5.96 Å². The van der Waals surface area contributed by atoms with Crippen LogP contribution in [0.4, 0.5) is 17.6 Å². The van der Waals surface area contributed by atoms with Gasteiger partial charge in [0.2, 0.25) is 0 Å². The molecule has 0 aliphatic carbocycles. The normalized spacial score (nSPS) is 12.3. The first-order valence-electron chi connectivity index (χ1n) is 8.09. The van der Waals surface area contributed by atoms with Crippen LogP contribution in [0.3, 0.4) is 0 Å². The highest BCUT2D eigenvalue weighted by Crippen LogP contribution is 2.32. The molecule has 2 rings (SSSR count). The van der Waals surface area contributed by atoms with Crippen molar-refractivity contribution in [2.24, 2.45) is 4.99 Å². The van der Waals surface area contributed by atoms with E-state index in [2.05, 4.69) is 25.8 Å². The van der Waals surface area contributed by atoms with Crippen molar-refractivity contribution in [3.05, 3.63) is 47.3 Å². The molecule has 2 aromatic rings. The SMILES string of the molecule is CCNC(=NCc1ccc(F)cc1C(F)(F)F)NCc1nncn1CC. The van der Waals surface area contributed by atoms with Crippen molar-refractivity contribution in [3.8, 4) is 0 Å². The van der Waals surface area contributed by atoms with Gasteiger partial charge in [0, 0.05) is 13.1 Å². The smallest absolute Gasteiger partial charge is 0.357 e. The molecule has 0 fully saturated rings. The third-order valence-corrected chi connectivity index (χ3v) is 3.58. The lowest BCUT2D eigenvalue weighted by atomic mass is 10.1. The number of benzene rings is 1. The first-order chi connectivity index (χ1) is 12.3. The largest absolute Gasteiger partial charge is 0.416 e. The molecule has 0 amide bonds. The number of guanidine groups is 1. The van der Waals surface area contributed by atoms with E-state index in [0.717, 1.165) is 12.1 Å². The molecule has 1 aromatic carbocycles. The van der Waals surface area contributed by atoms with E-state index in [1.807, 2.05) is 18.4 Å². The highest BCUT2D eigenvalue weighted by molar-refractivity contribution is 5.79. The molecule has 0 aliphatic rings. The minimum Gasteiger partial charge on any atom is -0.357 e. The Morgan fingerprint density at radius 1 is 1.23 bits per heavy atom. The topological polar surface area (TPSA) is 67.1 Å². The summed E-state index contributed by atoms with van der Waals surface area (Å²) in [5.74, 6) is 0.0699. The summed E-state index contributed by atoms with van der Waals surface area (Å²) in [5.41, 5.74) is -1.13. The summed E-state index contributed by atoms with van der Waals surface area (Å²) in [6, 6.07) is 2.57. The van der Waals surface area contributed by atoms with Crippen molar-refractivity contribution in [1.82, 2.24) is 25.4 Å². The molecule has 2 N–H and O–H groups in total. The van der Waals surface area contributed by atoms with E-state index in [9.17, 15) is 17.6 Å². The zero-order valence-corrected chi connectivity index (χ0v) is 14.4. The number of nitrogens with zero attached hydrogens (tertiary/aromatic N) is 4. The maximum atomic E-state index is 13.2. The van der Waals surface area contributed by atoms with Crippen molar-refractivity contribution in [1.29, 1.82) is 0 Å². The van der Waals surface area contributed by atoms with Gasteiger partial charge in [0.25, 0.3) is 0 Å². The first-order valence-corrected chi connectivity index (χ1v) is 8.09. The minimum atomic E-state index is -4.64. The van der Waals surface area contributed by atoms with Gasteiger partial charge in [-0.1, -0.05) is 6.07 Å². The van der Waals surface area contributed by atoms with Gasteiger partial charge < -0.3 is 15.2 Å². The van der Waals surface area contributed by atoms with Gasteiger partial charge in [-0.05, 0) is 31.5 Å². The van der Waals surface area contributed by atoms with E-state index in [-0.39, 0.29) is 12.1 Å². The van der Waals surface area contributed by atoms with Gasteiger partial charge in [0.15, 0.2) is 11.8 Å². The zero-order chi connectivity index (χ0) is 19.2. The Morgan fingerprint density at radius 2 is 2.00 bits per heavy atom. The zero-order valence-electron chi connectivity index (χ0n) is 14.4. The van der Waals surface area contributed by atoms with Gasteiger partial charge >= 0.3 is 6.18 Å². The third kappa shape index (κ3) is 5.17. The molecule has 0 saturated carbocycles. The number of halogens is 4. The Bertz CT molecular complexity index is 753. The number of rotatable bonds is 6. The van der Waals surface area contributed by atoms with Crippen LogP contribution >= 0.6 is 0 Å². The molecule has 26 heavy (non-hydrogen) atoms. The molecule has 1 aromatic heterocycles. The van der Waals surface area contributed by atoms with E-state index in [0.29, 0.717) is 37.5 Å². The van der Waals surface area contributed by atoms with Gasteiger partial charge in [-0.15, -0.1) is 10.2 Å². The molecule has 0 aliphatic heterocycles. The van der Waals surface area contributed by atoms with E-state index >= 15 is 0 Å². The Balaban J connectivity index is 2.14. The van der Waals surface area contributed by atoms with Crippen molar-refractivity contribution in [3.63, 3.8) is 0 Å². The van der Waals surface area contributed by atoms with Crippen molar-refractivity contribution < 1.29 is 17.6 Å². The molecule has 6 nitrogen and oxygen atoms in total. The van der Waals surface area contributed by atoms with Crippen LogP contribution < -0.4 is 10.6 Å². The minimum absolute atomic E-state index is 0.104. The lowest BCUT2D eigenvalue weighted by molar-refractivity contribution is -0.138. The number of nitrogens with one attached hydrogen (secondary N) is 2. The van der Waals surface area contributed by atoms with Crippen LogP contribution in [-0.4, -0.2) is 27.3 Å². The number of aryl methyl sites for hydroxylation is 1. The summed E-state index contributed by atoms with van der Waals surface area (Å²) in [6.45, 7) is 5.08. The van der Waals surface area contributed by atoms with Gasteiger partial charge in [-0.25, -0.2) is 9.38 Å². The van der Waals surface area contributed by atoms with Gasteiger partial charge in [0.05, 0.1) is 18.7 Å². The average Bonchev–Trinajstić information content (AvgIpc) is 3.05. The van der Waals surface area contributed by atoms with E-state index in [1.165, 1.54) is 0 Å². The summed E-state index contributed by atoms with van der Waals surface area (Å²) in [5, 5.41) is 13.7. The number of aliphatic imine (C=N–C) groups is 1. The summed E-state index contributed by atoms with van der Waals surface area (Å²) < 4.78 is 54.2. The van der Waals surface area contributed by atoms with Crippen LogP contribution in [-0.2, 0) is 25.8 Å². The highest BCUT2D eigenvalue weighted by Gasteiger charge is 2.33. The monoisotopic (exact) mass is 372 g/mol. The Morgan fingerprint density at radius 3 is 2.65 bits per heavy atom. The lowest BCUT2D eigenvalue weighted by Gasteiger charge is -2.14. The molecule has 142 valence electrons. The average molecular weight is 372 g/mol. The standard InChI is InChI=1S/C16H20F4N6/c1-3-21-15(23-9-14-25-24-10-26(14)4-2)22-8-11-5-6-12(17)7-13(11)16(18,19)20/h5-7,10H,3-4,8-9H2,1-2H3,(H2,21,22,23). The number of hydrogen-bond acceptors (Lipinski definition) is 3. The maximum Gasteiger partial charge on any atom is 0.416 e. The van der Waals surface area contributed by atoms with Crippen molar-refractivity contribution in [2.45, 2.75) is 39.7 Å². The van der Waals surface area contributed by atoms with E-state index < -0.39 is 17.6 Å². The molecule has 10 heteroatoms. The van der Waals surface area contributed by atoms with Gasteiger partial charge in [-0.3, -0.25) is 0 Å². The fraction of sp³-hybridized carbons (Fsp3) is 0.438. The number of hydrogen-bond donors (Lipinski definition) is 2. The molecule has 0 bridgehead atoms. The Kier molecular flexibility index (Phi) is 6.53. The van der Waals surface area contributed by atoms with Gasteiger partial charge in [0.1, 0.15) is 12.1 Å². The molecule has 1 heterocycles. The summed E-state index contributed by atoms with van der Waals surface area (Å²) in [7, 11) is 0.